The number of hydrogen-bond donors (Lipinski definition) is 3. The molecule has 4 heterocycles. The Labute approximate surface area is 168 Å². The normalized spacial score (nSPS) is 20.2. The van der Waals surface area contributed by atoms with Crippen LogP contribution in [0.25, 0.3) is 11.0 Å². The van der Waals surface area contributed by atoms with Crippen molar-refractivity contribution in [1.82, 2.24) is 25.6 Å². The Morgan fingerprint density at radius 1 is 1.17 bits per heavy atom. The first-order valence-electron chi connectivity index (χ1n) is 10.5. The molecule has 1 aromatic carbocycles. The van der Waals surface area contributed by atoms with Crippen LogP contribution in [0, 0.1) is 0 Å². The van der Waals surface area contributed by atoms with Gasteiger partial charge < -0.3 is 20.5 Å². The third-order valence-electron chi connectivity index (χ3n) is 6.64. The highest BCUT2D eigenvalue weighted by Crippen LogP contribution is 2.49. The fourth-order valence-corrected chi connectivity index (χ4v) is 4.90. The van der Waals surface area contributed by atoms with Gasteiger partial charge in [-0.3, -0.25) is 4.79 Å². The summed E-state index contributed by atoms with van der Waals surface area (Å²) in [5, 5.41) is 7.64. The summed E-state index contributed by atoms with van der Waals surface area (Å²) in [5.74, 6) is 0.982. The van der Waals surface area contributed by atoms with Crippen molar-refractivity contribution in [2.45, 2.75) is 37.1 Å². The van der Waals surface area contributed by atoms with Crippen molar-refractivity contribution in [3.8, 4) is 0 Å². The first-order valence-corrected chi connectivity index (χ1v) is 10.5. The number of aromatic amines is 1. The molecule has 1 spiro atoms. The Bertz CT molecular complexity index is 1100. The van der Waals surface area contributed by atoms with E-state index in [0.717, 1.165) is 73.4 Å². The van der Waals surface area contributed by atoms with Crippen molar-refractivity contribution in [3.05, 3.63) is 47.9 Å². The molecule has 1 saturated heterocycles. The predicted octanol–water partition coefficient (Wildman–Crippen LogP) is 2.62. The summed E-state index contributed by atoms with van der Waals surface area (Å²) in [6.07, 6.45) is 7.85. The number of carbonyl (C=O) groups is 1. The van der Waals surface area contributed by atoms with E-state index in [-0.39, 0.29) is 11.3 Å². The fraction of sp³-hybridized carbons (Fsp3) is 0.409. The van der Waals surface area contributed by atoms with Crippen LogP contribution in [0.4, 0.5) is 11.5 Å². The molecule has 0 radical (unpaired) electrons. The van der Waals surface area contributed by atoms with E-state index in [0.29, 0.717) is 6.04 Å². The maximum atomic E-state index is 12.7. The second-order valence-electron chi connectivity index (χ2n) is 8.53. The van der Waals surface area contributed by atoms with Crippen molar-refractivity contribution >= 4 is 28.4 Å². The van der Waals surface area contributed by atoms with E-state index in [2.05, 4.69) is 42.6 Å². The number of benzene rings is 1. The van der Waals surface area contributed by atoms with Crippen LogP contribution in [0.2, 0.25) is 0 Å². The average Bonchev–Trinajstić information content (AvgIpc) is 3.34. The van der Waals surface area contributed by atoms with Crippen LogP contribution < -0.4 is 15.5 Å². The number of aromatic nitrogens is 3. The van der Waals surface area contributed by atoms with Crippen molar-refractivity contribution in [2.24, 2.45) is 0 Å². The van der Waals surface area contributed by atoms with Gasteiger partial charge in [0.15, 0.2) is 0 Å². The summed E-state index contributed by atoms with van der Waals surface area (Å²) >= 11 is 0. The molecule has 7 heteroatoms. The summed E-state index contributed by atoms with van der Waals surface area (Å²) in [7, 11) is 0. The van der Waals surface area contributed by atoms with Gasteiger partial charge in [0, 0.05) is 35.4 Å². The summed E-state index contributed by atoms with van der Waals surface area (Å²) in [4.78, 5) is 27.2. The topological polar surface area (TPSA) is 85.9 Å². The first kappa shape index (κ1) is 17.0. The third-order valence-corrected chi connectivity index (χ3v) is 6.64. The third kappa shape index (κ3) is 2.72. The molecular formula is C22H24N6O. The maximum Gasteiger partial charge on any atom is 0.251 e. The molecule has 1 amide bonds. The number of amides is 1. The highest BCUT2D eigenvalue weighted by Gasteiger charge is 2.45. The lowest BCUT2D eigenvalue weighted by molar-refractivity contribution is 0.0951. The zero-order valence-electron chi connectivity index (χ0n) is 16.2. The zero-order chi connectivity index (χ0) is 19.4. The molecule has 0 bridgehead atoms. The van der Waals surface area contributed by atoms with Crippen molar-refractivity contribution in [3.63, 3.8) is 0 Å². The summed E-state index contributed by atoms with van der Waals surface area (Å²) in [5.41, 5.74) is 4.11. The van der Waals surface area contributed by atoms with Gasteiger partial charge in [0.2, 0.25) is 0 Å². The van der Waals surface area contributed by atoms with Gasteiger partial charge in [-0.1, -0.05) is 0 Å². The van der Waals surface area contributed by atoms with Crippen LogP contribution in [-0.4, -0.2) is 46.5 Å². The minimum absolute atomic E-state index is 0.0457. The minimum atomic E-state index is 0.0457. The smallest absolute Gasteiger partial charge is 0.251 e. The highest BCUT2D eigenvalue weighted by molar-refractivity contribution is 5.97. The lowest BCUT2D eigenvalue weighted by Crippen LogP contribution is -2.42. The van der Waals surface area contributed by atoms with Gasteiger partial charge in [-0.05, 0) is 68.6 Å². The Balaban J connectivity index is 1.46. The van der Waals surface area contributed by atoms with Gasteiger partial charge in [0.25, 0.3) is 5.91 Å². The molecule has 3 aromatic rings. The lowest BCUT2D eigenvalue weighted by atomic mass is 9.74. The largest absolute Gasteiger partial charge is 0.349 e. The number of carbonyl (C=O) groups excluding carboxylic acids is 1. The predicted molar refractivity (Wildman–Crippen MR) is 112 cm³/mol. The number of hydrogen-bond acceptors (Lipinski definition) is 5. The molecule has 2 aromatic heterocycles. The van der Waals surface area contributed by atoms with Crippen LogP contribution in [0.5, 0.6) is 0 Å². The first-order chi connectivity index (χ1) is 14.2. The number of H-pyrrole nitrogens is 1. The van der Waals surface area contributed by atoms with Crippen LogP contribution in [-0.2, 0) is 5.41 Å². The lowest BCUT2D eigenvalue weighted by Gasteiger charge is -2.35. The second kappa shape index (κ2) is 6.29. The SMILES string of the molecule is O=C(NC1CC1)c1ccc2c(c1)C1(CCNCC1)CN2c1ncnc2[nH]ccc12. The molecule has 7 nitrogen and oxygen atoms in total. The monoisotopic (exact) mass is 388 g/mol. The number of nitrogens with zero attached hydrogens (tertiary/aromatic N) is 3. The molecule has 148 valence electrons. The van der Waals surface area contributed by atoms with Gasteiger partial charge in [0.1, 0.15) is 17.8 Å². The minimum Gasteiger partial charge on any atom is -0.349 e. The van der Waals surface area contributed by atoms with E-state index in [1.165, 1.54) is 5.56 Å². The van der Waals surface area contributed by atoms with E-state index >= 15 is 0 Å². The van der Waals surface area contributed by atoms with Crippen LogP contribution >= 0.6 is 0 Å². The summed E-state index contributed by atoms with van der Waals surface area (Å²) in [6, 6.07) is 8.60. The molecule has 0 atom stereocenters. The van der Waals surface area contributed by atoms with E-state index in [1.54, 1.807) is 6.33 Å². The fourth-order valence-electron chi connectivity index (χ4n) is 4.90. The number of anilines is 2. The van der Waals surface area contributed by atoms with E-state index in [4.69, 9.17) is 0 Å². The molecule has 1 aliphatic carbocycles. The summed E-state index contributed by atoms with van der Waals surface area (Å²) in [6.45, 7) is 2.87. The molecule has 29 heavy (non-hydrogen) atoms. The number of fused-ring (bicyclic) bond motifs is 3. The number of rotatable bonds is 3. The zero-order valence-corrected chi connectivity index (χ0v) is 16.2. The standard InChI is InChI=1S/C22H24N6O/c29-21(27-15-2-3-15)14-1-4-18-17(11-14)22(6-9-23-10-7-22)12-28(18)20-16-5-8-24-19(16)25-13-26-20/h1,4-5,8,11,13,15,23H,2-3,6-7,9-10,12H2,(H,27,29)(H,24,25,26). The Kier molecular flexibility index (Phi) is 3.68. The Hall–Kier alpha value is -2.93. The van der Waals surface area contributed by atoms with E-state index < -0.39 is 0 Å². The van der Waals surface area contributed by atoms with E-state index in [1.807, 2.05) is 18.3 Å². The highest BCUT2D eigenvalue weighted by atomic mass is 16.1. The molecule has 0 unspecified atom stereocenters. The molecule has 1 saturated carbocycles. The van der Waals surface area contributed by atoms with Crippen LogP contribution in [0.15, 0.2) is 36.8 Å². The number of piperidine rings is 1. The molecule has 2 aliphatic heterocycles. The summed E-state index contributed by atoms with van der Waals surface area (Å²) < 4.78 is 0. The van der Waals surface area contributed by atoms with Gasteiger partial charge in [-0.25, -0.2) is 9.97 Å². The van der Waals surface area contributed by atoms with Crippen LogP contribution in [0.1, 0.15) is 41.6 Å². The Morgan fingerprint density at radius 3 is 2.86 bits per heavy atom. The van der Waals surface area contributed by atoms with Crippen molar-refractivity contribution < 1.29 is 4.79 Å². The molecule has 6 rings (SSSR count). The average molecular weight is 388 g/mol. The quantitative estimate of drug-likeness (QED) is 0.642. The van der Waals surface area contributed by atoms with Gasteiger partial charge in [0.05, 0.1) is 5.39 Å². The molecule has 3 aliphatic rings. The van der Waals surface area contributed by atoms with Gasteiger partial charge in [-0.2, -0.15) is 0 Å². The molecule has 2 fully saturated rings. The van der Waals surface area contributed by atoms with Gasteiger partial charge >= 0.3 is 0 Å². The number of nitrogens with one attached hydrogen (secondary N) is 3. The van der Waals surface area contributed by atoms with E-state index in [9.17, 15) is 4.79 Å². The Morgan fingerprint density at radius 2 is 2.03 bits per heavy atom. The van der Waals surface area contributed by atoms with Crippen LogP contribution in [0.3, 0.4) is 0 Å². The van der Waals surface area contributed by atoms with Crippen molar-refractivity contribution in [2.75, 3.05) is 24.5 Å². The maximum absolute atomic E-state index is 12.7. The van der Waals surface area contributed by atoms with Gasteiger partial charge in [-0.15, -0.1) is 0 Å². The second-order valence-corrected chi connectivity index (χ2v) is 8.53. The molecular weight excluding hydrogens is 364 g/mol. The molecule has 3 N–H and O–H groups in total. The van der Waals surface area contributed by atoms with Crippen molar-refractivity contribution in [1.29, 1.82) is 0 Å².